The number of likely N-dealkylation sites (tertiary alicyclic amines) is 1. The molecule has 4 fully saturated rings. The van der Waals surface area contributed by atoms with Crippen molar-refractivity contribution >= 4 is 44.0 Å². The molecule has 2 saturated heterocycles. The monoisotopic (exact) mass is 974 g/mol. The van der Waals surface area contributed by atoms with E-state index in [-0.39, 0.29) is 70.0 Å². The first-order valence-electron chi connectivity index (χ1n) is 24.4. The maximum atomic E-state index is 14.7. The molecule has 10 rings (SSSR count). The van der Waals surface area contributed by atoms with Crippen molar-refractivity contribution in [2.45, 2.75) is 132 Å². The molecule has 368 valence electrons. The van der Waals surface area contributed by atoms with Crippen LogP contribution in [0, 0.1) is 38.6 Å². The van der Waals surface area contributed by atoms with Gasteiger partial charge < -0.3 is 29.8 Å². The summed E-state index contributed by atoms with van der Waals surface area (Å²) in [6, 6.07) is 20.2. The van der Waals surface area contributed by atoms with Gasteiger partial charge in [0.2, 0.25) is 0 Å². The summed E-state index contributed by atoms with van der Waals surface area (Å²) in [6.07, 6.45) is 11.6. The van der Waals surface area contributed by atoms with E-state index in [4.69, 9.17) is 9.47 Å². The molecule has 5 heterocycles. The summed E-state index contributed by atoms with van der Waals surface area (Å²) < 4.78 is 57.0. The van der Waals surface area contributed by atoms with Gasteiger partial charge in [-0.05, 0) is 118 Å². The molecule has 70 heavy (non-hydrogen) atoms. The van der Waals surface area contributed by atoms with Crippen molar-refractivity contribution in [3.63, 3.8) is 0 Å². The van der Waals surface area contributed by atoms with Crippen LogP contribution < -0.4 is 24.4 Å². The van der Waals surface area contributed by atoms with Crippen molar-refractivity contribution in [1.82, 2.24) is 19.6 Å². The number of aromatic nitrogens is 2. The number of nitriles is 1. The number of sulfonamides is 1. The highest BCUT2D eigenvalue weighted by molar-refractivity contribution is 7.90. The topological polar surface area (TPSA) is 216 Å². The van der Waals surface area contributed by atoms with E-state index < -0.39 is 42.9 Å². The maximum Gasteiger partial charge on any atom is 0.297 e. The number of nitro benzene ring substituents is 1. The van der Waals surface area contributed by atoms with Crippen LogP contribution in [-0.2, 0) is 10.0 Å². The van der Waals surface area contributed by atoms with Crippen molar-refractivity contribution in [2.24, 2.45) is 11.3 Å². The number of rotatable bonds is 12. The van der Waals surface area contributed by atoms with Gasteiger partial charge in [-0.1, -0.05) is 38.1 Å². The predicted molar refractivity (Wildman–Crippen MR) is 261 cm³/mol. The van der Waals surface area contributed by atoms with E-state index in [1.165, 1.54) is 35.7 Å². The second-order valence-electron chi connectivity index (χ2n) is 20.8. The molecular weight excluding hydrogens is 916 g/mol. The number of aromatic amines is 1. The van der Waals surface area contributed by atoms with Crippen molar-refractivity contribution < 1.29 is 37.1 Å². The van der Waals surface area contributed by atoms with Crippen molar-refractivity contribution in [1.29, 1.82) is 5.26 Å². The van der Waals surface area contributed by atoms with E-state index in [0.29, 0.717) is 49.7 Å². The van der Waals surface area contributed by atoms with E-state index in [1.54, 1.807) is 19.1 Å². The lowest BCUT2D eigenvalue weighted by Crippen LogP contribution is -2.56. The molecule has 1 amide bonds. The Morgan fingerprint density at radius 1 is 1.09 bits per heavy atom. The molecule has 0 unspecified atom stereocenters. The number of pyridine rings is 1. The first kappa shape index (κ1) is 47.4. The third-order valence-corrected chi connectivity index (χ3v) is 17.2. The maximum absolute atomic E-state index is 14.7. The first-order chi connectivity index (χ1) is 33.5. The number of fused-ring (bicyclic) bond motifs is 2. The fourth-order valence-electron chi connectivity index (χ4n) is 12.0. The number of nitrogens with one attached hydrogen (secondary N) is 3. The van der Waals surface area contributed by atoms with E-state index in [2.05, 4.69) is 74.0 Å². The SMILES string of the molecule is CC(C)c1ccccc1[C@@H]1CC[C@H](CC#N)N1C1CC2(CCN(c3ccc(C(=O)NS(=O)(=O)c4cc5c(c([N+](=O)[O-])c4)N[C@@H]([C@H]4CC[C@](C)(O)CC4)CO5)c(Oc4cnc5[nH]cc(F)c5c4)c3)CC2)C1. The largest absolute Gasteiger partial charge is 0.489 e. The summed E-state index contributed by atoms with van der Waals surface area (Å²) >= 11 is 0. The van der Waals surface area contributed by atoms with Crippen LogP contribution in [0.5, 0.6) is 17.2 Å². The average molecular weight is 975 g/mol. The molecule has 2 aliphatic carbocycles. The van der Waals surface area contributed by atoms with Gasteiger partial charge >= 0.3 is 0 Å². The molecule has 5 aromatic rings. The normalized spacial score (nSPS) is 24.6. The van der Waals surface area contributed by atoms with Gasteiger partial charge in [0.1, 0.15) is 29.6 Å². The number of benzene rings is 3. The molecule has 4 N–H and O–H groups in total. The first-order valence-corrected chi connectivity index (χ1v) is 25.9. The zero-order chi connectivity index (χ0) is 49.1. The Morgan fingerprint density at radius 3 is 2.57 bits per heavy atom. The molecular formula is C52H59FN8O8S. The molecule has 1 spiro atoms. The van der Waals surface area contributed by atoms with Gasteiger partial charge in [-0.25, -0.2) is 22.5 Å². The quantitative estimate of drug-likeness (QED) is 0.0677. The van der Waals surface area contributed by atoms with E-state index >= 15 is 0 Å². The van der Waals surface area contributed by atoms with E-state index in [0.717, 1.165) is 69.4 Å². The van der Waals surface area contributed by atoms with Crippen LogP contribution in [0.4, 0.5) is 21.5 Å². The Hall–Kier alpha value is -6.29. The van der Waals surface area contributed by atoms with E-state index in [1.807, 2.05) is 0 Å². The van der Waals surface area contributed by atoms with Crippen molar-refractivity contribution in [2.75, 3.05) is 29.9 Å². The number of hydrogen-bond donors (Lipinski definition) is 4. The van der Waals surface area contributed by atoms with Crippen LogP contribution in [-0.4, -0.2) is 82.6 Å². The molecule has 3 atom stereocenters. The third kappa shape index (κ3) is 9.14. The summed E-state index contributed by atoms with van der Waals surface area (Å²) in [4.78, 5) is 37.2. The average Bonchev–Trinajstić information content (AvgIpc) is 3.92. The molecule has 3 aromatic carbocycles. The number of H-pyrrole nitrogens is 1. The zero-order valence-corrected chi connectivity index (χ0v) is 40.4. The number of halogens is 1. The molecule has 5 aliphatic rings. The highest BCUT2D eigenvalue weighted by atomic mass is 32.2. The highest BCUT2D eigenvalue weighted by Crippen LogP contribution is 2.56. The van der Waals surface area contributed by atoms with Crippen LogP contribution in [0.25, 0.3) is 11.0 Å². The lowest BCUT2D eigenvalue weighted by Gasteiger charge is -2.57. The number of carbonyl (C=O) groups excluding carboxylic acids is 1. The van der Waals surface area contributed by atoms with Gasteiger partial charge in [-0.3, -0.25) is 19.8 Å². The number of nitrogens with zero attached hydrogens (tertiary/aromatic N) is 5. The van der Waals surface area contributed by atoms with Gasteiger partial charge in [0.15, 0.2) is 11.4 Å². The van der Waals surface area contributed by atoms with Crippen molar-refractivity contribution in [3.8, 4) is 23.3 Å². The third-order valence-electron chi connectivity index (χ3n) is 15.9. The fraction of sp³-hybridized carbons (Fsp3) is 0.481. The van der Waals surface area contributed by atoms with Crippen LogP contribution in [0.15, 0.2) is 78.0 Å². The summed E-state index contributed by atoms with van der Waals surface area (Å²) in [7, 11) is -4.73. The Balaban J connectivity index is 0.870. The molecule has 0 radical (unpaired) electrons. The van der Waals surface area contributed by atoms with Crippen LogP contribution in [0.3, 0.4) is 0 Å². The smallest absolute Gasteiger partial charge is 0.297 e. The number of carbonyl (C=O) groups is 1. The number of anilines is 2. The Bertz CT molecular complexity index is 2980. The summed E-state index contributed by atoms with van der Waals surface area (Å²) in [5, 5.41) is 36.0. The number of hydrogen-bond acceptors (Lipinski definition) is 13. The molecule has 2 saturated carbocycles. The Labute approximate surface area is 406 Å². The molecule has 16 nitrogen and oxygen atoms in total. The second-order valence-corrected chi connectivity index (χ2v) is 22.5. The summed E-state index contributed by atoms with van der Waals surface area (Å²) in [5.41, 5.74) is 2.55. The molecule has 3 aliphatic heterocycles. The summed E-state index contributed by atoms with van der Waals surface area (Å²) in [5.74, 6) is -1.06. The number of nitro groups is 1. The molecule has 18 heteroatoms. The number of amides is 1. The molecule has 2 aromatic heterocycles. The minimum absolute atomic E-state index is 0.00389. The predicted octanol–water partition coefficient (Wildman–Crippen LogP) is 9.63. The summed E-state index contributed by atoms with van der Waals surface area (Å²) in [6.45, 7) is 7.86. The highest BCUT2D eigenvalue weighted by Gasteiger charge is 2.52. The van der Waals surface area contributed by atoms with Gasteiger partial charge in [-0.15, -0.1) is 0 Å². The van der Waals surface area contributed by atoms with E-state index in [9.17, 15) is 38.1 Å². The lowest BCUT2D eigenvalue weighted by molar-refractivity contribution is -0.384. The Morgan fingerprint density at radius 2 is 1.84 bits per heavy atom. The number of aliphatic hydroxyl groups is 1. The molecule has 0 bridgehead atoms. The fourth-order valence-corrected chi connectivity index (χ4v) is 13.0. The van der Waals surface area contributed by atoms with Crippen LogP contribution >= 0.6 is 0 Å². The Kier molecular flexibility index (Phi) is 12.5. The number of ether oxygens (including phenoxy) is 2. The standard InChI is InChI=1S/C52H59FN8O8S/c1-31(2)38-6-4-5-7-39(38)44-11-9-33(14-19-54)60(44)35-26-52(27-35)17-20-59(21-18-52)34-8-10-40(46(22-34)69-36-23-41-42(53)29-56-49(41)55-28-36)50(62)58-70(66,67)37-24-45(61(64)65)48-47(25-37)68-30-43(57-48)32-12-15-51(3,63)16-13-32/h4-8,10,22-25,28-29,31-33,35,43-44,57,63H,9,11-18,20-21,26-27,30H2,1-3H3,(H,55,56)(H,58,62)/t32-,33-,43-,44+,51-/m1/s1. The van der Waals surface area contributed by atoms with Gasteiger partial charge in [0.05, 0.1) is 51.1 Å². The lowest BCUT2D eigenvalue weighted by atomic mass is 9.59. The second kappa shape index (κ2) is 18.5. The van der Waals surface area contributed by atoms with Crippen molar-refractivity contribution in [3.05, 3.63) is 106 Å². The zero-order valence-electron chi connectivity index (χ0n) is 39.6. The number of piperidine rings is 1. The minimum Gasteiger partial charge on any atom is -0.489 e. The van der Waals surface area contributed by atoms with Crippen LogP contribution in [0.2, 0.25) is 0 Å². The van der Waals surface area contributed by atoms with Crippen LogP contribution in [0.1, 0.15) is 125 Å². The van der Waals surface area contributed by atoms with Gasteiger partial charge in [-0.2, -0.15) is 5.26 Å². The van der Waals surface area contributed by atoms with Gasteiger partial charge in [0.25, 0.3) is 21.6 Å². The van der Waals surface area contributed by atoms with Gasteiger partial charge in [0, 0.05) is 61.3 Å². The minimum atomic E-state index is -4.73.